The zero-order valence-electron chi connectivity index (χ0n) is 16.2. The SMILES string of the molecule is C1=C(c2cnc3[nH]nc(-c4cc5c(-c6ccncc6)nccc5[nH]4)c3c2)CCNC1. The van der Waals surface area contributed by atoms with Crippen molar-refractivity contribution in [3.63, 3.8) is 0 Å². The number of nitrogens with zero attached hydrogens (tertiary/aromatic N) is 4. The molecule has 0 saturated heterocycles. The molecule has 0 fully saturated rings. The third-order valence-corrected chi connectivity index (χ3v) is 5.61. The second-order valence-corrected chi connectivity index (χ2v) is 7.42. The van der Waals surface area contributed by atoms with Gasteiger partial charge < -0.3 is 10.3 Å². The molecule has 0 aliphatic carbocycles. The summed E-state index contributed by atoms with van der Waals surface area (Å²) in [6.45, 7) is 1.90. The maximum absolute atomic E-state index is 4.61. The molecule has 5 aromatic heterocycles. The average molecular weight is 393 g/mol. The number of aromatic amines is 2. The largest absolute Gasteiger partial charge is 0.353 e. The summed E-state index contributed by atoms with van der Waals surface area (Å²) in [6.07, 6.45) is 10.6. The summed E-state index contributed by atoms with van der Waals surface area (Å²) in [4.78, 5) is 16.8. The van der Waals surface area contributed by atoms with E-state index in [-0.39, 0.29) is 0 Å². The predicted octanol–water partition coefficient (Wildman–Crippen LogP) is 3.94. The number of fused-ring (bicyclic) bond motifs is 2. The molecule has 0 unspecified atom stereocenters. The zero-order chi connectivity index (χ0) is 19.9. The normalized spacial score (nSPS) is 14.3. The molecule has 0 bridgehead atoms. The van der Waals surface area contributed by atoms with Gasteiger partial charge in [0.05, 0.1) is 11.4 Å². The maximum Gasteiger partial charge on any atom is 0.155 e. The van der Waals surface area contributed by atoms with Crippen LogP contribution in [0.4, 0.5) is 0 Å². The van der Waals surface area contributed by atoms with Crippen molar-refractivity contribution < 1.29 is 0 Å². The fraction of sp³-hybridized carbons (Fsp3) is 0.130. The topological polar surface area (TPSA) is 95.2 Å². The Morgan fingerprint density at radius 1 is 0.867 bits per heavy atom. The van der Waals surface area contributed by atoms with Gasteiger partial charge in [0.2, 0.25) is 0 Å². The summed E-state index contributed by atoms with van der Waals surface area (Å²) in [6, 6.07) is 10.2. The van der Waals surface area contributed by atoms with Gasteiger partial charge in [-0.1, -0.05) is 6.08 Å². The van der Waals surface area contributed by atoms with Crippen LogP contribution in [-0.2, 0) is 0 Å². The van der Waals surface area contributed by atoms with Gasteiger partial charge in [0.15, 0.2) is 5.65 Å². The van der Waals surface area contributed by atoms with Crippen molar-refractivity contribution in [3.8, 4) is 22.6 Å². The van der Waals surface area contributed by atoms with Crippen molar-refractivity contribution in [2.24, 2.45) is 0 Å². The van der Waals surface area contributed by atoms with E-state index in [1.807, 2.05) is 30.6 Å². The summed E-state index contributed by atoms with van der Waals surface area (Å²) in [5.74, 6) is 0. The molecule has 6 rings (SSSR count). The van der Waals surface area contributed by atoms with Gasteiger partial charge in [-0.3, -0.25) is 15.1 Å². The zero-order valence-corrected chi connectivity index (χ0v) is 16.2. The van der Waals surface area contributed by atoms with E-state index in [1.54, 1.807) is 12.4 Å². The monoisotopic (exact) mass is 393 g/mol. The first-order valence-corrected chi connectivity index (χ1v) is 9.99. The smallest absolute Gasteiger partial charge is 0.155 e. The van der Waals surface area contributed by atoms with Crippen molar-refractivity contribution in [2.75, 3.05) is 13.1 Å². The van der Waals surface area contributed by atoms with E-state index in [2.05, 4.69) is 53.7 Å². The maximum atomic E-state index is 4.61. The van der Waals surface area contributed by atoms with Crippen LogP contribution in [0.2, 0.25) is 0 Å². The van der Waals surface area contributed by atoms with Gasteiger partial charge in [0, 0.05) is 53.2 Å². The number of hydrogen-bond donors (Lipinski definition) is 3. The van der Waals surface area contributed by atoms with Crippen LogP contribution in [0.15, 0.2) is 61.2 Å². The van der Waals surface area contributed by atoms with Crippen molar-refractivity contribution in [3.05, 3.63) is 66.8 Å². The predicted molar refractivity (Wildman–Crippen MR) is 118 cm³/mol. The number of nitrogens with one attached hydrogen (secondary N) is 3. The van der Waals surface area contributed by atoms with Crippen LogP contribution in [0.3, 0.4) is 0 Å². The van der Waals surface area contributed by atoms with Crippen LogP contribution >= 0.6 is 0 Å². The van der Waals surface area contributed by atoms with E-state index in [1.165, 1.54) is 5.57 Å². The molecule has 7 nitrogen and oxygen atoms in total. The van der Waals surface area contributed by atoms with Crippen LogP contribution in [0, 0.1) is 0 Å². The molecule has 0 radical (unpaired) electrons. The Morgan fingerprint density at radius 2 is 1.80 bits per heavy atom. The van der Waals surface area contributed by atoms with Crippen LogP contribution in [0.1, 0.15) is 12.0 Å². The molecule has 0 amide bonds. The molecule has 7 heteroatoms. The van der Waals surface area contributed by atoms with Gasteiger partial charge in [-0.05, 0) is 54.4 Å². The number of hydrogen-bond acceptors (Lipinski definition) is 5. The lowest BCUT2D eigenvalue weighted by Gasteiger charge is -2.13. The van der Waals surface area contributed by atoms with Gasteiger partial charge in [0.1, 0.15) is 5.69 Å². The number of aromatic nitrogens is 6. The highest BCUT2D eigenvalue weighted by Gasteiger charge is 2.16. The number of rotatable bonds is 3. The van der Waals surface area contributed by atoms with Gasteiger partial charge in [-0.15, -0.1) is 0 Å². The summed E-state index contributed by atoms with van der Waals surface area (Å²) in [7, 11) is 0. The number of H-pyrrole nitrogens is 2. The molecule has 0 atom stereocenters. The first-order chi connectivity index (χ1) is 14.9. The van der Waals surface area contributed by atoms with Gasteiger partial charge >= 0.3 is 0 Å². The van der Waals surface area contributed by atoms with Crippen LogP contribution in [-0.4, -0.2) is 43.2 Å². The second kappa shape index (κ2) is 6.89. The molecule has 1 aliphatic heterocycles. The molecule has 0 spiro atoms. The average Bonchev–Trinajstić information content (AvgIpc) is 3.43. The van der Waals surface area contributed by atoms with Crippen LogP contribution in [0.25, 0.3) is 50.2 Å². The summed E-state index contributed by atoms with van der Waals surface area (Å²) >= 11 is 0. The van der Waals surface area contributed by atoms with Gasteiger partial charge in [-0.25, -0.2) is 4.98 Å². The minimum Gasteiger partial charge on any atom is -0.353 e. The Morgan fingerprint density at radius 3 is 2.67 bits per heavy atom. The van der Waals surface area contributed by atoms with E-state index < -0.39 is 0 Å². The minimum atomic E-state index is 0.787. The Hall–Kier alpha value is -3.84. The fourth-order valence-corrected chi connectivity index (χ4v) is 4.09. The lowest BCUT2D eigenvalue weighted by Crippen LogP contribution is -2.20. The van der Waals surface area contributed by atoms with E-state index in [0.717, 1.165) is 69.7 Å². The molecule has 146 valence electrons. The third kappa shape index (κ3) is 2.79. The third-order valence-electron chi connectivity index (χ3n) is 5.61. The second-order valence-electron chi connectivity index (χ2n) is 7.42. The fourth-order valence-electron chi connectivity index (χ4n) is 4.09. The first kappa shape index (κ1) is 17.1. The van der Waals surface area contributed by atoms with Crippen molar-refractivity contribution in [2.45, 2.75) is 6.42 Å². The Balaban J connectivity index is 1.50. The highest BCUT2D eigenvalue weighted by Crippen LogP contribution is 2.33. The highest BCUT2D eigenvalue weighted by molar-refractivity contribution is 5.99. The van der Waals surface area contributed by atoms with E-state index in [4.69, 9.17) is 0 Å². The molecule has 0 aromatic carbocycles. The summed E-state index contributed by atoms with van der Waals surface area (Å²) in [5, 5.41) is 13.1. The van der Waals surface area contributed by atoms with E-state index in [0.29, 0.717) is 0 Å². The van der Waals surface area contributed by atoms with Crippen LogP contribution in [0.5, 0.6) is 0 Å². The molecule has 30 heavy (non-hydrogen) atoms. The summed E-state index contributed by atoms with van der Waals surface area (Å²) < 4.78 is 0. The molecule has 5 aromatic rings. The molecular formula is C23H19N7. The summed E-state index contributed by atoms with van der Waals surface area (Å²) in [5.41, 5.74) is 8.06. The number of pyridine rings is 3. The molecule has 6 heterocycles. The molecular weight excluding hydrogens is 374 g/mol. The van der Waals surface area contributed by atoms with Crippen molar-refractivity contribution in [1.29, 1.82) is 0 Å². The van der Waals surface area contributed by atoms with Gasteiger partial charge in [-0.2, -0.15) is 5.10 Å². The van der Waals surface area contributed by atoms with E-state index >= 15 is 0 Å². The Labute approximate surface area is 172 Å². The highest BCUT2D eigenvalue weighted by atomic mass is 15.2. The lowest BCUT2D eigenvalue weighted by molar-refractivity contribution is 0.738. The quantitative estimate of drug-likeness (QED) is 0.432. The molecule has 1 aliphatic rings. The van der Waals surface area contributed by atoms with Crippen LogP contribution < -0.4 is 5.32 Å². The standard InChI is InChI=1S/C23H19N7/c1-6-24-7-2-14(1)16-11-18-22(29-30-23(18)27-13-16)20-12-17-19(28-20)5-10-26-21(17)15-3-8-25-9-4-15/h1,3-5,8-13,24,28H,2,6-7H2,(H,27,29,30). The molecule has 3 N–H and O–H groups in total. The van der Waals surface area contributed by atoms with Crippen molar-refractivity contribution >= 4 is 27.5 Å². The van der Waals surface area contributed by atoms with E-state index in [9.17, 15) is 0 Å². The van der Waals surface area contributed by atoms with Crippen molar-refractivity contribution in [1.82, 2.24) is 35.5 Å². The van der Waals surface area contributed by atoms with Gasteiger partial charge in [0.25, 0.3) is 0 Å². The minimum absolute atomic E-state index is 0.787. The Kier molecular flexibility index (Phi) is 3.92. The Bertz CT molecular complexity index is 1400. The molecule has 0 saturated carbocycles. The lowest BCUT2D eigenvalue weighted by atomic mass is 10.0. The first-order valence-electron chi connectivity index (χ1n) is 9.99.